The van der Waals surface area contributed by atoms with Gasteiger partial charge in [-0.3, -0.25) is 4.79 Å². The van der Waals surface area contributed by atoms with E-state index in [0.29, 0.717) is 0 Å². The summed E-state index contributed by atoms with van der Waals surface area (Å²) in [7, 11) is 0. The molecule has 1 saturated heterocycles. The lowest BCUT2D eigenvalue weighted by Crippen LogP contribution is -2.45. The highest BCUT2D eigenvalue weighted by molar-refractivity contribution is 5.70. The molecule has 2 aliphatic heterocycles. The van der Waals surface area contributed by atoms with Gasteiger partial charge < -0.3 is 5.11 Å². The molecule has 18 heavy (non-hydrogen) atoms. The van der Waals surface area contributed by atoms with Crippen LogP contribution in [0.5, 0.6) is 0 Å². The highest BCUT2D eigenvalue weighted by atomic mass is 16.4. The molecule has 1 N–H and O–H groups in total. The number of carboxylic acid groups (broad SMARTS) is 1. The number of hydrogen-bond acceptors (Lipinski definition) is 3. The predicted octanol–water partition coefficient (Wildman–Crippen LogP) is 1.71. The third-order valence-electron chi connectivity index (χ3n) is 4.04. The molecule has 96 valence electrons. The van der Waals surface area contributed by atoms with Crippen LogP contribution < -0.4 is 0 Å². The molecule has 2 heterocycles. The van der Waals surface area contributed by atoms with Gasteiger partial charge in [-0.25, -0.2) is 10.0 Å². The third-order valence-corrected chi connectivity index (χ3v) is 4.04. The fourth-order valence-electron chi connectivity index (χ4n) is 2.91. The maximum Gasteiger partial charge on any atom is 0.306 e. The molecule has 0 bridgehead atoms. The van der Waals surface area contributed by atoms with E-state index < -0.39 is 5.97 Å². The Morgan fingerprint density at radius 2 is 1.61 bits per heavy atom. The van der Waals surface area contributed by atoms with Gasteiger partial charge in [-0.15, -0.1) is 0 Å². The van der Waals surface area contributed by atoms with Crippen molar-refractivity contribution in [2.24, 2.45) is 5.92 Å². The SMILES string of the molecule is O=C(O)C1CCN(N2Cc3ccccc3C2)CC1. The Balaban J connectivity index is 1.61. The molecule has 4 nitrogen and oxygen atoms in total. The second kappa shape index (κ2) is 4.71. The van der Waals surface area contributed by atoms with E-state index in [1.807, 2.05) is 0 Å². The summed E-state index contributed by atoms with van der Waals surface area (Å²) in [6.07, 6.45) is 1.53. The summed E-state index contributed by atoms with van der Waals surface area (Å²) in [6, 6.07) is 8.52. The van der Waals surface area contributed by atoms with Crippen molar-refractivity contribution in [1.82, 2.24) is 10.0 Å². The van der Waals surface area contributed by atoms with E-state index in [-0.39, 0.29) is 5.92 Å². The van der Waals surface area contributed by atoms with Crippen molar-refractivity contribution < 1.29 is 9.90 Å². The van der Waals surface area contributed by atoms with E-state index in [4.69, 9.17) is 5.11 Å². The minimum absolute atomic E-state index is 0.147. The molecule has 1 aromatic rings. The largest absolute Gasteiger partial charge is 0.481 e. The van der Waals surface area contributed by atoms with Crippen molar-refractivity contribution in [3.63, 3.8) is 0 Å². The Hall–Kier alpha value is -1.39. The summed E-state index contributed by atoms with van der Waals surface area (Å²) in [5, 5.41) is 13.7. The zero-order chi connectivity index (χ0) is 12.5. The summed E-state index contributed by atoms with van der Waals surface area (Å²) in [4.78, 5) is 10.9. The van der Waals surface area contributed by atoms with Crippen LogP contribution in [0.3, 0.4) is 0 Å². The van der Waals surface area contributed by atoms with Crippen LogP contribution in [0.15, 0.2) is 24.3 Å². The third kappa shape index (κ3) is 2.13. The van der Waals surface area contributed by atoms with Gasteiger partial charge in [0.05, 0.1) is 5.92 Å². The van der Waals surface area contributed by atoms with Gasteiger partial charge in [0.1, 0.15) is 0 Å². The van der Waals surface area contributed by atoms with Gasteiger partial charge in [-0.1, -0.05) is 24.3 Å². The lowest BCUT2D eigenvalue weighted by Gasteiger charge is -2.36. The van der Waals surface area contributed by atoms with Crippen LogP contribution >= 0.6 is 0 Å². The van der Waals surface area contributed by atoms with Crippen molar-refractivity contribution in [3.05, 3.63) is 35.4 Å². The summed E-state index contributed by atoms with van der Waals surface area (Å²) in [5.74, 6) is -0.786. The van der Waals surface area contributed by atoms with E-state index in [2.05, 4.69) is 34.3 Å². The van der Waals surface area contributed by atoms with Crippen LogP contribution in [0.25, 0.3) is 0 Å². The van der Waals surface area contributed by atoms with Crippen molar-refractivity contribution in [2.45, 2.75) is 25.9 Å². The molecule has 0 aliphatic carbocycles. The predicted molar refractivity (Wildman–Crippen MR) is 67.6 cm³/mol. The summed E-state index contributed by atoms with van der Waals surface area (Å²) < 4.78 is 0. The van der Waals surface area contributed by atoms with Crippen molar-refractivity contribution in [3.8, 4) is 0 Å². The number of benzene rings is 1. The second-order valence-corrected chi connectivity index (χ2v) is 5.16. The lowest BCUT2D eigenvalue weighted by molar-refractivity contribution is -0.145. The van der Waals surface area contributed by atoms with E-state index >= 15 is 0 Å². The molecule has 0 aromatic heterocycles. The zero-order valence-corrected chi connectivity index (χ0v) is 10.4. The molecule has 0 atom stereocenters. The standard InChI is InChI=1S/C14H18N2O2/c17-14(18)11-5-7-15(8-6-11)16-9-12-3-1-2-4-13(12)10-16/h1-4,11H,5-10H2,(H,17,18). The van der Waals surface area contributed by atoms with Gasteiger partial charge in [0.15, 0.2) is 0 Å². The smallest absolute Gasteiger partial charge is 0.306 e. The first-order chi connectivity index (χ1) is 8.74. The number of fused-ring (bicyclic) bond motifs is 1. The summed E-state index contributed by atoms with van der Waals surface area (Å²) >= 11 is 0. The maximum atomic E-state index is 10.9. The minimum Gasteiger partial charge on any atom is -0.481 e. The molecule has 0 amide bonds. The molecule has 0 spiro atoms. The molecular formula is C14H18N2O2. The number of nitrogens with zero attached hydrogens (tertiary/aromatic N) is 2. The Kier molecular flexibility index (Phi) is 3.06. The topological polar surface area (TPSA) is 43.8 Å². The Morgan fingerprint density at radius 1 is 1.06 bits per heavy atom. The quantitative estimate of drug-likeness (QED) is 0.863. The monoisotopic (exact) mass is 246 g/mol. The number of hydrazine groups is 1. The van der Waals surface area contributed by atoms with Gasteiger partial charge in [-0.05, 0) is 24.0 Å². The lowest BCUT2D eigenvalue weighted by atomic mass is 9.98. The van der Waals surface area contributed by atoms with Gasteiger partial charge in [0, 0.05) is 26.2 Å². The van der Waals surface area contributed by atoms with Crippen LogP contribution in [0.2, 0.25) is 0 Å². The van der Waals surface area contributed by atoms with Crippen molar-refractivity contribution in [2.75, 3.05) is 13.1 Å². The molecular weight excluding hydrogens is 228 g/mol. The number of rotatable bonds is 2. The molecule has 2 aliphatic rings. The van der Waals surface area contributed by atoms with Crippen LogP contribution in [0.1, 0.15) is 24.0 Å². The maximum absolute atomic E-state index is 10.9. The molecule has 1 fully saturated rings. The average Bonchev–Trinajstić information content (AvgIpc) is 2.82. The molecule has 4 heteroatoms. The van der Waals surface area contributed by atoms with E-state index in [1.54, 1.807) is 0 Å². The van der Waals surface area contributed by atoms with E-state index in [1.165, 1.54) is 11.1 Å². The highest BCUT2D eigenvalue weighted by Crippen LogP contribution is 2.27. The van der Waals surface area contributed by atoms with Gasteiger partial charge in [-0.2, -0.15) is 0 Å². The number of hydrogen-bond donors (Lipinski definition) is 1. The van der Waals surface area contributed by atoms with Crippen LogP contribution in [-0.2, 0) is 17.9 Å². The van der Waals surface area contributed by atoms with Gasteiger partial charge >= 0.3 is 5.97 Å². The molecule has 1 aromatic carbocycles. The van der Waals surface area contributed by atoms with Gasteiger partial charge in [0.25, 0.3) is 0 Å². The second-order valence-electron chi connectivity index (χ2n) is 5.16. The van der Waals surface area contributed by atoms with Crippen LogP contribution in [0, 0.1) is 5.92 Å². The Labute approximate surface area is 107 Å². The average molecular weight is 246 g/mol. The summed E-state index contributed by atoms with van der Waals surface area (Å²) in [6.45, 7) is 3.66. The molecule has 0 unspecified atom stereocenters. The van der Waals surface area contributed by atoms with Gasteiger partial charge in [0.2, 0.25) is 0 Å². The molecule has 3 rings (SSSR count). The summed E-state index contributed by atoms with van der Waals surface area (Å²) in [5.41, 5.74) is 2.80. The normalized spacial score (nSPS) is 22.0. The Bertz CT molecular complexity index is 428. The minimum atomic E-state index is -0.639. The first kappa shape index (κ1) is 11.7. The number of piperidine rings is 1. The zero-order valence-electron chi connectivity index (χ0n) is 10.4. The van der Waals surface area contributed by atoms with E-state index in [9.17, 15) is 4.79 Å². The molecule has 0 radical (unpaired) electrons. The number of carboxylic acids is 1. The van der Waals surface area contributed by atoms with E-state index in [0.717, 1.165) is 39.0 Å². The number of carbonyl (C=O) groups is 1. The fourth-order valence-corrected chi connectivity index (χ4v) is 2.91. The first-order valence-electron chi connectivity index (χ1n) is 6.53. The Morgan fingerprint density at radius 3 is 2.11 bits per heavy atom. The highest BCUT2D eigenvalue weighted by Gasteiger charge is 2.30. The number of aliphatic carboxylic acids is 1. The van der Waals surface area contributed by atoms with Crippen molar-refractivity contribution >= 4 is 5.97 Å². The van der Waals surface area contributed by atoms with Crippen LogP contribution in [-0.4, -0.2) is 34.2 Å². The van der Waals surface area contributed by atoms with Crippen molar-refractivity contribution in [1.29, 1.82) is 0 Å². The molecule has 0 saturated carbocycles. The fraction of sp³-hybridized carbons (Fsp3) is 0.500. The van der Waals surface area contributed by atoms with Crippen LogP contribution in [0.4, 0.5) is 0 Å². The first-order valence-corrected chi connectivity index (χ1v) is 6.53.